The van der Waals surface area contributed by atoms with E-state index in [0.717, 1.165) is 16.4 Å². The van der Waals surface area contributed by atoms with E-state index in [2.05, 4.69) is 39.1 Å². The van der Waals surface area contributed by atoms with Crippen LogP contribution in [0.25, 0.3) is 0 Å². The van der Waals surface area contributed by atoms with Gasteiger partial charge in [0.2, 0.25) is 5.91 Å². The number of amides is 1. The molecule has 0 saturated heterocycles. The maximum atomic E-state index is 11.8. The van der Waals surface area contributed by atoms with Crippen LogP contribution in [0, 0.1) is 20.8 Å². The molecule has 1 amide bonds. The molecule has 1 atom stereocenters. The second kappa shape index (κ2) is 4.64. The Balaban J connectivity index is 1.95. The minimum Gasteiger partial charge on any atom is -0.336 e. The molecule has 1 N–H and O–H groups in total. The Labute approximate surface area is 113 Å². The number of aromatic nitrogens is 2. The molecule has 0 aliphatic heterocycles. The van der Waals surface area contributed by atoms with Crippen molar-refractivity contribution in [1.29, 1.82) is 5.26 Å². The van der Waals surface area contributed by atoms with Gasteiger partial charge in [-0.3, -0.25) is 9.48 Å². The molecule has 5 nitrogen and oxygen atoms in total. The topological polar surface area (TPSA) is 70.7 Å². The van der Waals surface area contributed by atoms with Crippen molar-refractivity contribution in [3.05, 3.63) is 16.0 Å². The predicted molar refractivity (Wildman–Crippen MR) is 69.8 cm³/mol. The highest BCUT2D eigenvalue weighted by Gasteiger charge is 2.42. The fraction of sp³-hybridized carbons (Fsp3) is 0.545. The first-order valence-corrected chi connectivity index (χ1v) is 6.51. The normalized spacial score (nSPS) is 18.2. The van der Waals surface area contributed by atoms with Crippen molar-refractivity contribution in [3.63, 3.8) is 0 Å². The highest BCUT2D eigenvalue weighted by atomic mass is 127. The number of halogens is 1. The van der Waals surface area contributed by atoms with Gasteiger partial charge in [0.1, 0.15) is 12.1 Å². The molecular weight excluding hydrogens is 331 g/mol. The first-order chi connectivity index (χ1) is 8.03. The van der Waals surface area contributed by atoms with Gasteiger partial charge in [0.25, 0.3) is 0 Å². The molecular formula is C11H13IN4O. The molecule has 2 rings (SSSR count). The molecule has 0 unspecified atom stereocenters. The first kappa shape index (κ1) is 12.4. The largest absolute Gasteiger partial charge is 0.336 e. The molecule has 0 radical (unpaired) electrons. The summed E-state index contributed by atoms with van der Waals surface area (Å²) in [4.78, 5) is 11.8. The Bertz CT molecular complexity index is 474. The lowest BCUT2D eigenvalue weighted by molar-refractivity contribution is -0.123. The van der Waals surface area contributed by atoms with Crippen molar-refractivity contribution in [2.45, 2.75) is 31.8 Å². The summed E-state index contributed by atoms with van der Waals surface area (Å²) in [6.07, 6.45) is 5.52. The second-order valence-electron chi connectivity index (χ2n) is 4.49. The van der Waals surface area contributed by atoms with Crippen LogP contribution in [0.2, 0.25) is 0 Å². The van der Waals surface area contributed by atoms with Crippen LogP contribution in [0.4, 0.5) is 0 Å². The monoisotopic (exact) mass is 344 g/mol. The summed E-state index contributed by atoms with van der Waals surface area (Å²) in [5.41, 5.74) is -0.725. The van der Waals surface area contributed by atoms with Crippen molar-refractivity contribution in [2.24, 2.45) is 5.92 Å². The molecule has 90 valence electrons. The lowest BCUT2D eigenvalue weighted by Crippen LogP contribution is -2.47. The van der Waals surface area contributed by atoms with Crippen LogP contribution < -0.4 is 5.32 Å². The molecule has 0 spiro atoms. The van der Waals surface area contributed by atoms with Crippen LogP contribution in [0.3, 0.4) is 0 Å². The quantitative estimate of drug-likeness (QED) is 0.837. The number of nitrogens with one attached hydrogen (secondary N) is 1. The molecule has 0 bridgehead atoms. The van der Waals surface area contributed by atoms with Crippen molar-refractivity contribution in [2.75, 3.05) is 0 Å². The van der Waals surface area contributed by atoms with Gasteiger partial charge in [0.15, 0.2) is 0 Å². The standard InChI is InChI=1S/C11H13IN4O/c1-11(7-13,8-2-3-8)15-10(17)6-16-5-9(12)4-14-16/h4-5,8H,2-3,6H2,1H3,(H,15,17)/t11-/m0/s1. The molecule has 1 saturated carbocycles. The minimum absolute atomic E-state index is 0.160. The molecule has 1 aliphatic carbocycles. The van der Waals surface area contributed by atoms with Crippen LogP contribution in [0.15, 0.2) is 12.4 Å². The lowest BCUT2D eigenvalue weighted by Gasteiger charge is -2.22. The van der Waals surface area contributed by atoms with E-state index >= 15 is 0 Å². The van der Waals surface area contributed by atoms with Crippen molar-refractivity contribution in [1.82, 2.24) is 15.1 Å². The van der Waals surface area contributed by atoms with Gasteiger partial charge in [0, 0.05) is 6.20 Å². The number of carbonyl (C=O) groups excluding carboxylic acids is 1. The fourth-order valence-electron chi connectivity index (χ4n) is 1.78. The summed E-state index contributed by atoms with van der Waals surface area (Å²) in [6.45, 7) is 1.95. The zero-order valence-electron chi connectivity index (χ0n) is 9.48. The summed E-state index contributed by atoms with van der Waals surface area (Å²) in [7, 11) is 0. The third-order valence-corrected chi connectivity index (χ3v) is 3.49. The van der Waals surface area contributed by atoms with E-state index in [1.807, 2.05) is 0 Å². The fourth-order valence-corrected chi connectivity index (χ4v) is 2.23. The van der Waals surface area contributed by atoms with E-state index in [4.69, 9.17) is 5.26 Å². The van der Waals surface area contributed by atoms with Crippen LogP contribution in [0.1, 0.15) is 19.8 Å². The van der Waals surface area contributed by atoms with E-state index in [1.54, 1.807) is 24.0 Å². The predicted octanol–water partition coefficient (Wildman–Crippen LogP) is 1.30. The summed E-state index contributed by atoms with van der Waals surface area (Å²) in [5, 5.41) is 16.0. The Morgan fingerprint density at radius 2 is 2.53 bits per heavy atom. The highest BCUT2D eigenvalue weighted by molar-refractivity contribution is 14.1. The molecule has 1 aromatic heterocycles. The van der Waals surface area contributed by atoms with E-state index in [1.165, 1.54) is 0 Å². The zero-order chi connectivity index (χ0) is 12.5. The van der Waals surface area contributed by atoms with E-state index in [9.17, 15) is 4.79 Å². The molecule has 17 heavy (non-hydrogen) atoms. The Hall–Kier alpha value is -1.10. The first-order valence-electron chi connectivity index (χ1n) is 5.44. The zero-order valence-corrected chi connectivity index (χ0v) is 11.6. The van der Waals surface area contributed by atoms with E-state index in [-0.39, 0.29) is 12.5 Å². The van der Waals surface area contributed by atoms with Crippen LogP contribution >= 0.6 is 22.6 Å². The van der Waals surface area contributed by atoms with Crippen LogP contribution in [0.5, 0.6) is 0 Å². The molecule has 1 heterocycles. The van der Waals surface area contributed by atoms with Gasteiger partial charge >= 0.3 is 0 Å². The van der Waals surface area contributed by atoms with Gasteiger partial charge in [-0.15, -0.1) is 0 Å². The molecule has 1 aromatic rings. The average molecular weight is 344 g/mol. The van der Waals surface area contributed by atoms with Crippen LogP contribution in [-0.2, 0) is 11.3 Å². The van der Waals surface area contributed by atoms with Crippen molar-refractivity contribution >= 4 is 28.5 Å². The molecule has 6 heteroatoms. The van der Waals surface area contributed by atoms with Gasteiger partial charge in [0.05, 0.1) is 15.8 Å². The SMILES string of the molecule is C[C@@](C#N)(NC(=O)Cn1cc(I)cn1)C1CC1. The maximum Gasteiger partial charge on any atom is 0.242 e. The van der Waals surface area contributed by atoms with Gasteiger partial charge in [-0.05, 0) is 48.3 Å². The van der Waals surface area contributed by atoms with E-state index < -0.39 is 5.54 Å². The minimum atomic E-state index is -0.725. The number of hydrogen-bond donors (Lipinski definition) is 1. The lowest BCUT2D eigenvalue weighted by atomic mass is 9.98. The number of nitrogens with zero attached hydrogens (tertiary/aromatic N) is 3. The Morgan fingerprint density at radius 1 is 1.82 bits per heavy atom. The summed E-state index contributed by atoms with van der Waals surface area (Å²) in [5.74, 6) is 0.134. The Kier molecular flexibility index (Phi) is 3.38. The third kappa shape index (κ3) is 2.97. The third-order valence-electron chi connectivity index (χ3n) is 2.93. The van der Waals surface area contributed by atoms with Gasteiger partial charge in [-0.2, -0.15) is 10.4 Å². The molecule has 1 fully saturated rings. The summed E-state index contributed by atoms with van der Waals surface area (Å²) in [6, 6.07) is 2.20. The number of rotatable bonds is 4. The number of nitriles is 1. The Morgan fingerprint density at radius 3 is 3.00 bits per heavy atom. The van der Waals surface area contributed by atoms with Gasteiger partial charge < -0.3 is 5.32 Å². The number of carbonyl (C=O) groups is 1. The van der Waals surface area contributed by atoms with Gasteiger partial charge in [-0.1, -0.05) is 0 Å². The summed E-state index contributed by atoms with van der Waals surface area (Å²) >= 11 is 2.14. The summed E-state index contributed by atoms with van der Waals surface area (Å²) < 4.78 is 2.56. The van der Waals surface area contributed by atoms with Crippen molar-refractivity contribution in [3.8, 4) is 6.07 Å². The van der Waals surface area contributed by atoms with Crippen LogP contribution in [-0.4, -0.2) is 21.2 Å². The van der Waals surface area contributed by atoms with E-state index in [0.29, 0.717) is 5.92 Å². The maximum absolute atomic E-state index is 11.8. The smallest absolute Gasteiger partial charge is 0.242 e. The van der Waals surface area contributed by atoms with Crippen molar-refractivity contribution < 1.29 is 4.79 Å². The molecule has 0 aromatic carbocycles. The average Bonchev–Trinajstić information content (AvgIpc) is 3.04. The number of hydrogen-bond acceptors (Lipinski definition) is 3. The highest BCUT2D eigenvalue weighted by Crippen LogP contribution is 2.39. The second-order valence-corrected chi connectivity index (χ2v) is 5.74. The van der Waals surface area contributed by atoms with Gasteiger partial charge in [-0.25, -0.2) is 0 Å². The molecule has 1 aliphatic rings.